The van der Waals surface area contributed by atoms with Crippen molar-refractivity contribution in [3.63, 3.8) is 0 Å². The van der Waals surface area contributed by atoms with Crippen LogP contribution in [-0.2, 0) is 68.6 Å². The molecule has 0 aromatic heterocycles. The first-order chi connectivity index (χ1) is 43.1. The van der Waals surface area contributed by atoms with E-state index in [0.29, 0.717) is 69.5 Å². The van der Waals surface area contributed by atoms with Gasteiger partial charge in [-0.3, -0.25) is 38.5 Å². The molecule has 1 saturated heterocycles. The number of nitrogens with zero attached hydrogens (tertiary/aromatic N) is 3. The summed E-state index contributed by atoms with van der Waals surface area (Å²) in [5.74, 6) is -0.00811. The Balaban J connectivity index is -0.000000247. The number of aldehydes is 4. The number of aliphatic hydroxyl groups is 1. The minimum absolute atomic E-state index is 0.00843. The SMILES string of the molecule is CC(N)=O.CCC.CCC(C)C(C(CC=O)OC)N(C)C(=O)CNC(=O)C(C(C)C)N(C)C.CNCC(=O)Nc1ccc(CC(CN)NC=O)cc1.CN[C@@H](C)C(=O)NC(C)C=O.CO.COC(C(C)C)C1CCCN1C.O=CCCCCC(C=O)CCNC=O. The molecule has 0 radical (unpaired) electrons. The van der Waals surface area contributed by atoms with Gasteiger partial charge in [0, 0.05) is 84.9 Å². The Morgan fingerprint density at radius 2 is 1.38 bits per heavy atom. The van der Waals surface area contributed by atoms with Crippen LogP contribution >= 0.6 is 0 Å². The molecule has 1 aromatic carbocycles. The van der Waals surface area contributed by atoms with Gasteiger partial charge in [-0.05, 0) is 130 Å². The zero-order valence-electron chi connectivity index (χ0n) is 59.3. The number of nitrogens with two attached hydrogens (primary N) is 2. The maximum atomic E-state index is 12.6. The number of aliphatic hydroxyl groups excluding tert-OH is 1. The van der Waals surface area contributed by atoms with Crippen LogP contribution < -0.4 is 48.7 Å². The summed E-state index contributed by atoms with van der Waals surface area (Å²) in [7, 11) is 15.4. The summed E-state index contributed by atoms with van der Waals surface area (Å²) in [6, 6.07) is 6.88. The number of amides is 7. The maximum absolute atomic E-state index is 12.6. The quantitative estimate of drug-likeness (QED) is 0.0338. The molecule has 0 spiro atoms. The number of likely N-dealkylation sites (N-methyl/N-ethyl adjacent to an activating group) is 5. The summed E-state index contributed by atoms with van der Waals surface area (Å²) in [4.78, 5) is 125. The van der Waals surface area contributed by atoms with E-state index in [-0.39, 0.29) is 97.1 Å². The lowest BCUT2D eigenvalue weighted by Crippen LogP contribution is -2.53. The topological polar surface area (TPSA) is 372 Å². The second kappa shape index (κ2) is 64.0. The number of primary amides is 1. The van der Waals surface area contributed by atoms with E-state index in [1.807, 2.05) is 78.1 Å². The Bertz CT molecular complexity index is 2010. The van der Waals surface area contributed by atoms with E-state index in [9.17, 15) is 52.7 Å². The average molecular weight is 1300 g/mol. The Hall–Kier alpha value is -6.13. The number of anilines is 1. The van der Waals surface area contributed by atoms with Gasteiger partial charge < -0.3 is 92.2 Å². The molecule has 12 N–H and O–H groups in total. The minimum atomic E-state index is -0.404. The number of nitrogens with one attached hydrogen (secondary N) is 7. The van der Waals surface area contributed by atoms with E-state index < -0.39 is 6.04 Å². The molecule has 91 heavy (non-hydrogen) atoms. The lowest BCUT2D eigenvalue weighted by Gasteiger charge is -2.37. The van der Waals surface area contributed by atoms with E-state index >= 15 is 0 Å². The molecule has 0 bridgehead atoms. The number of carbonyl (C=O) groups is 11. The number of methoxy groups -OCH3 is 2. The fourth-order valence-electron chi connectivity index (χ4n) is 9.06. The van der Waals surface area contributed by atoms with Crippen molar-refractivity contribution in [1.82, 2.24) is 46.6 Å². The number of likely N-dealkylation sites (tertiary alicyclic amines) is 1. The highest BCUT2D eigenvalue weighted by atomic mass is 16.5. The van der Waals surface area contributed by atoms with Crippen LogP contribution in [-0.4, -0.2) is 232 Å². The third kappa shape index (κ3) is 51.1. The number of carbonyl (C=O) groups excluding carboxylic acids is 11. The summed E-state index contributed by atoms with van der Waals surface area (Å²) in [6.07, 6.45) is 14.1. The molecule has 1 aromatic rings. The van der Waals surface area contributed by atoms with Crippen molar-refractivity contribution in [2.24, 2.45) is 35.1 Å². The standard InChI is InChI=1S/C19H37N3O4.C13H20N4O2.C10H17NO3.C10H21NO.C7H14N2O2.C3H8.C2H5NO.CH4O/c1-9-14(4)18(15(26-8)10-11-23)22(7)16(24)12-20-19(25)17(13(2)3)21(5)6;1-15-8-13(19)17-11-4-2-10(3-5-11)6-12(7-14)16-9-18;12-7-3-1-2-4-10(8-13)5-6-11-9-14;1-8(2)10(12-4)9-6-5-7-11(9)3;1-5(4-10)9-7(11)6(2)8-3;1-3-2;1-2(3)4;1-2/h11,13-15,17-18H,9-10,12H2,1-8H3,(H,20,25);2-5,9,12,15H,6-8,14H2,1H3,(H,16,18)(H,17,19);7-10H,1-6H2,(H,11,14);8-10H,5-7H2,1-4H3;4-6,8H,1-3H3,(H,9,11);3H2,1-2H3;1H3,(H2,3,4);2H,1H3/t;;;;5?,6-;;;/m....0.../s1. The van der Waals surface area contributed by atoms with E-state index in [4.69, 9.17) is 20.3 Å². The maximum Gasteiger partial charge on any atom is 0.242 e. The molecule has 0 aliphatic carbocycles. The molecule has 2 rings (SSSR count). The summed E-state index contributed by atoms with van der Waals surface area (Å²) in [5.41, 5.74) is 11.8. The highest BCUT2D eigenvalue weighted by molar-refractivity contribution is 5.92. The van der Waals surface area contributed by atoms with Crippen LogP contribution in [0.1, 0.15) is 146 Å². The summed E-state index contributed by atoms with van der Waals surface area (Å²) in [6.45, 7) is 23.8. The second-order valence-electron chi connectivity index (χ2n) is 22.7. The van der Waals surface area contributed by atoms with Crippen LogP contribution in [0, 0.1) is 23.7 Å². The first-order valence-electron chi connectivity index (χ1n) is 31.6. The highest BCUT2D eigenvalue weighted by Gasteiger charge is 2.34. The third-order valence-corrected chi connectivity index (χ3v) is 14.0. The number of hydrogen-bond acceptors (Lipinski definition) is 19. The summed E-state index contributed by atoms with van der Waals surface area (Å²) in [5, 5.41) is 25.7. The highest BCUT2D eigenvalue weighted by Crippen LogP contribution is 2.24. The molecule has 1 fully saturated rings. The molecule has 26 heteroatoms. The zero-order chi connectivity index (χ0) is 71.5. The first kappa shape index (κ1) is 96.0. The van der Waals surface area contributed by atoms with Crippen molar-refractivity contribution in [2.75, 3.05) is 102 Å². The second-order valence-corrected chi connectivity index (χ2v) is 22.7. The van der Waals surface area contributed by atoms with Crippen molar-refractivity contribution in [3.05, 3.63) is 29.8 Å². The van der Waals surface area contributed by atoms with Crippen LogP contribution in [0.3, 0.4) is 0 Å². The van der Waals surface area contributed by atoms with E-state index in [0.717, 1.165) is 62.9 Å². The van der Waals surface area contributed by atoms with Gasteiger partial charge in [-0.15, -0.1) is 0 Å². The molecule has 10 atom stereocenters. The van der Waals surface area contributed by atoms with E-state index in [2.05, 4.69) is 82.6 Å². The molecule has 7 amide bonds. The number of hydrogen-bond donors (Lipinski definition) is 10. The van der Waals surface area contributed by atoms with Gasteiger partial charge in [-0.25, -0.2) is 0 Å². The van der Waals surface area contributed by atoms with Gasteiger partial charge in [0.15, 0.2) is 0 Å². The average Bonchev–Trinajstić information content (AvgIpc) is 2.82. The molecule has 1 heterocycles. The minimum Gasteiger partial charge on any atom is -0.400 e. The van der Waals surface area contributed by atoms with Crippen LogP contribution in [0.25, 0.3) is 0 Å². The van der Waals surface area contributed by atoms with Crippen molar-refractivity contribution >= 4 is 73.2 Å². The molecule has 26 nitrogen and oxygen atoms in total. The van der Waals surface area contributed by atoms with Crippen molar-refractivity contribution < 1.29 is 67.3 Å². The number of ether oxygens (including phenoxy) is 2. The van der Waals surface area contributed by atoms with Crippen LogP contribution in [0.5, 0.6) is 0 Å². The molecule has 0 saturated carbocycles. The van der Waals surface area contributed by atoms with Crippen molar-refractivity contribution in [3.8, 4) is 0 Å². The largest absolute Gasteiger partial charge is 0.400 e. The Morgan fingerprint density at radius 1 is 0.802 bits per heavy atom. The van der Waals surface area contributed by atoms with Gasteiger partial charge >= 0.3 is 0 Å². The number of unbranched alkanes of at least 4 members (excludes halogenated alkanes) is 2. The third-order valence-electron chi connectivity index (χ3n) is 14.0. The van der Waals surface area contributed by atoms with Crippen LogP contribution in [0.4, 0.5) is 5.69 Å². The molecule has 1 aliphatic rings. The summed E-state index contributed by atoms with van der Waals surface area (Å²) < 4.78 is 11.0. The normalized spacial score (nSPS) is 14.9. The van der Waals surface area contributed by atoms with Gasteiger partial charge in [0.1, 0.15) is 25.1 Å². The van der Waals surface area contributed by atoms with E-state index in [1.165, 1.54) is 32.7 Å². The van der Waals surface area contributed by atoms with Crippen molar-refractivity contribution in [2.45, 2.75) is 195 Å². The predicted molar refractivity (Wildman–Crippen MR) is 363 cm³/mol. The lowest BCUT2D eigenvalue weighted by molar-refractivity contribution is -0.139. The summed E-state index contributed by atoms with van der Waals surface area (Å²) >= 11 is 0. The lowest BCUT2D eigenvalue weighted by atomic mass is 9.91. The van der Waals surface area contributed by atoms with Gasteiger partial charge in [-0.2, -0.15) is 0 Å². The van der Waals surface area contributed by atoms with E-state index in [1.54, 1.807) is 47.0 Å². The van der Waals surface area contributed by atoms with Crippen LogP contribution in [0.15, 0.2) is 24.3 Å². The molecule has 530 valence electrons. The van der Waals surface area contributed by atoms with Crippen molar-refractivity contribution in [1.29, 1.82) is 0 Å². The van der Waals surface area contributed by atoms with Gasteiger partial charge in [0.25, 0.3) is 0 Å². The molecular formula is C65H126N12O14. The Kier molecular flexibility index (Phi) is 67.5. The van der Waals surface area contributed by atoms with Gasteiger partial charge in [0.05, 0.1) is 49.5 Å². The monoisotopic (exact) mass is 1300 g/mol. The van der Waals surface area contributed by atoms with Crippen LogP contribution in [0.2, 0.25) is 0 Å². The number of benzene rings is 1. The Morgan fingerprint density at radius 3 is 1.78 bits per heavy atom. The smallest absolute Gasteiger partial charge is 0.242 e. The fraction of sp³-hybridized carbons (Fsp3) is 0.738. The zero-order valence-corrected chi connectivity index (χ0v) is 59.3. The van der Waals surface area contributed by atoms with Gasteiger partial charge in [-0.1, -0.05) is 86.8 Å². The predicted octanol–water partition coefficient (Wildman–Crippen LogP) is 2.89. The molecular weight excluding hydrogens is 1170 g/mol. The number of rotatable bonds is 37. The first-order valence-corrected chi connectivity index (χ1v) is 31.6. The Labute approximate surface area is 547 Å². The fourth-order valence-corrected chi connectivity index (χ4v) is 9.06. The van der Waals surface area contributed by atoms with Gasteiger partial charge in [0.2, 0.25) is 42.4 Å². The molecule has 1 aliphatic heterocycles. The molecule has 9 unspecified atom stereocenters.